The largest absolute Gasteiger partial charge is 0.298 e. The molecule has 0 amide bonds. The van der Waals surface area contributed by atoms with E-state index < -0.39 is 0 Å². The van der Waals surface area contributed by atoms with Crippen molar-refractivity contribution in [2.75, 3.05) is 0 Å². The van der Waals surface area contributed by atoms with Crippen LogP contribution in [-0.4, -0.2) is 17.5 Å². The number of halogens is 1. The van der Waals surface area contributed by atoms with Crippen molar-refractivity contribution in [2.45, 2.75) is 12.5 Å². The Bertz CT molecular complexity index is 737. The van der Waals surface area contributed by atoms with Crippen molar-refractivity contribution in [3.63, 3.8) is 0 Å². The van der Waals surface area contributed by atoms with Crippen molar-refractivity contribution in [2.24, 2.45) is 4.99 Å². The van der Waals surface area contributed by atoms with Gasteiger partial charge in [0.1, 0.15) is 0 Å². The Morgan fingerprint density at radius 2 is 2.14 bits per heavy atom. The Morgan fingerprint density at radius 1 is 1.24 bits per heavy atom. The molecule has 4 heteroatoms. The minimum Gasteiger partial charge on any atom is -0.298 e. The maximum atomic E-state index is 10.8. The molecule has 1 aromatic heterocycles. The molecule has 0 saturated carbocycles. The topological polar surface area (TPSA) is 42.3 Å². The number of nitrogens with zero attached hydrogens (tertiary/aromatic N) is 2. The monoisotopic (exact) mass is 296 g/mol. The quantitative estimate of drug-likeness (QED) is 0.793. The number of hydrogen-bond donors (Lipinski definition) is 0. The first-order valence-corrected chi connectivity index (χ1v) is 7.06. The summed E-state index contributed by atoms with van der Waals surface area (Å²) in [6.45, 7) is 0. The van der Waals surface area contributed by atoms with E-state index in [1.54, 1.807) is 18.3 Å². The highest BCUT2D eigenvalue weighted by molar-refractivity contribution is 6.33. The highest BCUT2D eigenvalue weighted by Crippen LogP contribution is 2.27. The molecule has 0 bridgehead atoms. The zero-order valence-electron chi connectivity index (χ0n) is 11.2. The Balaban J connectivity index is 1.96. The van der Waals surface area contributed by atoms with Gasteiger partial charge in [0, 0.05) is 17.3 Å². The second kappa shape index (κ2) is 6.02. The maximum absolute atomic E-state index is 10.8. The summed E-state index contributed by atoms with van der Waals surface area (Å²) in [6, 6.07) is 11.3. The van der Waals surface area contributed by atoms with Crippen LogP contribution in [0, 0.1) is 0 Å². The lowest BCUT2D eigenvalue weighted by Gasteiger charge is -2.13. The maximum Gasteiger partial charge on any atom is 0.151 e. The minimum atomic E-state index is 0.0691. The van der Waals surface area contributed by atoms with E-state index in [0.717, 1.165) is 29.7 Å². The van der Waals surface area contributed by atoms with Gasteiger partial charge in [0.25, 0.3) is 0 Å². The third-order valence-corrected chi connectivity index (χ3v) is 3.71. The van der Waals surface area contributed by atoms with Crippen LogP contribution in [0.4, 0.5) is 0 Å². The van der Waals surface area contributed by atoms with Crippen LogP contribution in [0.1, 0.15) is 28.5 Å². The van der Waals surface area contributed by atoms with E-state index >= 15 is 0 Å². The lowest BCUT2D eigenvalue weighted by atomic mass is 10.1. The number of dihydropyridines is 1. The summed E-state index contributed by atoms with van der Waals surface area (Å²) in [6.07, 6.45) is 7.44. The lowest BCUT2D eigenvalue weighted by molar-refractivity contribution is 0.112. The molecule has 1 aromatic carbocycles. The SMILES string of the molecule is O=Cc1ccc(-c2cccc(C3CC=CC=N3)n2)cc1Cl. The van der Waals surface area contributed by atoms with Gasteiger partial charge in [0.05, 0.1) is 22.5 Å². The van der Waals surface area contributed by atoms with Crippen molar-refractivity contribution in [3.05, 3.63) is 64.8 Å². The fraction of sp³-hybridized carbons (Fsp3) is 0.118. The molecule has 0 radical (unpaired) electrons. The summed E-state index contributed by atoms with van der Waals surface area (Å²) >= 11 is 6.08. The molecule has 104 valence electrons. The molecule has 3 nitrogen and oxygen atoms in total. The van der Waals surface area contributed by atoms with E-state index in [2.05, 4.69) is 16.1 Å². The van der Waals surface area contributed by atoms with Gasteiger partial charge in [-0.25, -0.2) is 0 Å². The zero-order chi connectivity index (χ0) is 14.7. The van der Waals surface area contributed by atoms with Gasteiger partial charge in [-0.3, -0.25) is 14.8 Å². The molecule has 1 unspecified atom stereocenters. The molecule has 0 aliphatic carbocycles. The predicted octanol–water partition coefficient (Wildman–Crippen LogP) is 4.29. The Kier molecular flexibility index (Phi) is 3.93. The summed E-state index contributed by atoms with van der Waals surface area (Å²) in [7, 11) is 0. The molecule has 2 aromatic rings. The number of allylic oxidation sites excluding steroid dienone is 1. The standard InChI is InChI=1S/C17H13ClN2O/c18-14-10-12(7-8-13(14)11-21)15-5-3-6-17(20-15)16-4-1-2-9-19-16/h1-3,5-11,16H,4H2. The number of hydrogen-bond acceptors (Lipinski definition) is 3. The van der Waals surface area contributed by atoms with Gasteiger partial charge in [0.15, 0.2) is 6.29 Å². The number of aldehydes is 1. The molecule has 1 aliphatic rings. The van der Waals surface area contributed by atoms with Crippen LogP contribution in [0.2, 0.25) is 5.02 Å². The second-order valence-electron chi connectivity index (χ2n) is 4.78. The van der Waals surface area contributed by atoms with E-state index in [0.29, 0.717) is 10.6 Å². The summed E-state index contributed by atoms with van der Waals surface area (Å²) in [5.74, 6) is 0. The van der Waals surface area contributed by atoms with Gasteiger partial charge in [-0.15, -0.1) is 0 Å². The summed E-state index contributed by atoms with van der Waals surface area (Å²) in [5, 5.41) is 0.438. The first kappa shape index (κ1) is 13.7. The molecule has 1 aliphatic heterocycles. The molecule has 1 atom stereocenters. The van der Waals surface area contributed by atoms with Crippen LogP contribution in [0.5, 0.6) is 0 Å². The number of aliphatic imine (C=N–C) groups is 1. The highest BCUT2D eigenvalue weighted by Gasteiger charge is 2.12. The van der Waals surface area contributed by atoms with Gasteiger partial charge in [-0.05, 0) is 36.8 Å². The van der Waals surface area contributed by atoms with Crippen LogP contribution in [-0.2, 0) is 0 Å². The molecule has 0 N–H and O–H groups in total. The van der Waals surface area contributed by atoms with Crippen LogP contribution >= 0.6 is 11.6 Å². The van der Waals surface area contributed by atoms with Gasteiger partial charge in [-0.2, -0.15) is 0 Å². The van der Waals surface area contributed by atoms with E-state index in [1.807, 2.05) is 30.3 Å². The molecule has 3 rings (SSSR count). The third-order valence-electron chi connectivity index (χ3n) is 3.38. The van der Waals surface area contributed by atoms with Crippen LogP contribution in [0.3, 0.4) is 0 Å². The highest BCUT2D eigenvalue weighted by atomic mass is 35.5. The van der Waals surface area contributed by atoms with Crippen LogP contribution < -0.4 is 0 Å². The van der Waals surface area contributed by atoms with E-state index in [1.165, 1.54) is 0 Å². The average molecular weight is 297 g/mol. The first-order valence-electron chi connectivity index (χ1n) is 6.68. The van der Waals surface area contributed by atoms with Crippen molar-refractivity contribution >= 4 is 24.1 Å². The Morgan fingerprint density at radius 3 is 2.86 bits per heavy atom. The number of carbonyl (C=O) groups excluding carboxylic acids is 1. The van der Waals surface area contributed by atoms with Gasteiger partial charge in [0.2, 0.25) is 0 Å². The summed E-state index contributed by atoms with van der Waals surface area (Å²) < 4.78 is 0. The Hall–Kier alpha value is -2.26. The molecule has 0 saturated heterocycles. The zero-order valence-corrected chi connectivity index (χ0v) is 12.0. The minimum absolute atomic E-state index is 0.0691. The normalized spacial score (nSPS) is 16.9. The van der Waals surface area contributed by atoms with Gasteiger partial charge in [-0.1, -0.05) is 29.8 Å². The molecular weight excluding hydrogens is 284 g/mol. The number of rotatable bonds is 3. The van der Waals surface area contributed by atoms with Gasteiger partial charge >= 0.3 is 0 Å². The van der Waals surface area contributed by atoms with Crippen molar-refractivity contribution in [1.29, 1.82) is 0 Å². The fourth-order valence-corrected chi connectivity index (χ4v) is 2.48. The average Bonchev–Trinajstić information content (AvgIpc) is 2.56. The molecule has 2 heterocycles. The molecule has 0 spiro atoms. The Labute approximate surface area is 128 Å². The van der Waals surface area contributed by atoms with Crippen molar-refractivity contribution < 1.29 is 4.79 Å². The first-order chi connectivity index (χ1) is 10.3. The van der Waals surface area contributed by atoms with E-state index in [4.69, 9.17) is 11.6 Å². The molecule has 0 fully saturated rings. The van der Waals surface area contributed by atoms with Crippen LogP contribution in [0.25, 0.3) is 11.3 Å². The third kappa shape index (κ3) is 2.93. The number of benzene rings is 1. The smallest absolute Gasteiger partial charge is 0.151 e. The summed E-state index contributed by atoms with van der Waals surface area (Å²) in [5.41, 5.74) is 3.14. The van der Waals surface area contributed by atoms with Crippen molar-refractivity contribution in [1.82, 2.24) is 4.98 Å². The van der Waals surface area contributed by atoms with Gasteiger partial charge < -0.3 is 0 Å². The van der Waals surface area contributed by atoms with E-state index in [9.17, 15) is 4.79 Å². The molecular formula is C17H13ClN2O. The fourth-order valence-electron chi connectivity index (χ4n) is 2.26. The second-order valence-corrected chi connectivity index (χ2v) is 5.19. The van der Waals surface area contributed by atoms with E-state index in [-0.39, 0.29) is 6.04 Å². The number of carbonyl (C=O) groups is 1. The number of pyridine rings is 1. The summed E-state index contributed by atoms with van der Waals surface area (Å²) in [4.78, 5) is 19.9. The molecule has 21 heavy (non-hydrogen) atoms. The van der Waals surface area contributed by atoms with Crippen molar-refractivity contribution in [3.8, 4) is 11.3 Å². The van der Waals surface area contributed by atoms with Crippen LogP contribution in [0.15, 0.2) is 53.5 Å². The lowest BCUT2D eigenvalue weighted by Crippen LogP contribution is -2.01. The number of aromatic nitrogens is 1. The predicted molar refractivity (Wildman–Crippen MR) is 85.1 cm³/mol.